The van der Waals surface area contributed by atoms with Crippen LogP contribution >= 0.6 is 0 Å². The van der Waals surface area contributed by atoms with Crippen LogP contribution in [0, 0.1) is 13.8 Å². The molecule has 3 aromatic carbocycles. The van der Waals surface area contributed by atoms with Gasteiger partial charge in [0.15, 0.2) is 0 Å². The number of anilines is 1. The van der Waals surface area contributed by atoms with Crippen LogP contribution in [0.15, 0.2) is 66.7 Å². The number of carbonyl (C=O) groups is 1. The Kier molecular flexibility index (Phi) is 5.23. The summed E-state index contributed by atoms with van der Waals surface area (Å²) in [5.41, 5.74) is 4.55. The number of benzene rings is 3. The van der Waals surface area contributed by atoms with E-state index in [1.807, 2.05) is 62.4 Å². The van der Waals surface area contributed by atoms with Crippen molar-refractivity contribution >= 4 is 11.8 Å². The molecule has 0 radical (unpaired) electrons. The minimum atomic E-state index is -0.524. The second kappa shape index (κ2) is 7.74. The van der Waals surface area contributed by atoms with Crippen molar-refractivity contribution in [2.45, 2.75) is 20.3 Å². The third kappa shape index (κ3) is 4.42. The SMILES string of the molecule is Cc1ccc(Cc2ccc(C)c(NC(=O)Oc3ccccc3)c2)cc1O. The quantitative estimate of drug-likeness (QED) is 0.681. The highest BCUT2D eigenvalue weighted by molar-refractivity contribution is 5.87. The molecule has 0 spiro atoms. The summed E-state index contributed by atoms with van der Waals surface area (Å²) in [5, 5.41) is 12.7. The first-order valence-electron chi connectivity index (χ1n) is 8.43. The van der Waals surface area contributed by atoms with E-state index in [-0.39, 0.29) is 0 Å². The molecule has 0 fully saturated rings. The molecule has 0 heterocycles. The number of aromatic hydroxyl groups is 1. The predicted octanol–water partition coefficient (Wildman–Crippen LogP) is 5.21. The van der Waals surface area contributed by atoms with E-state index in [0.717, 1.165) is 22.3 Å². The third-order valence-electron chi connectivity index (χ3n) is 4.17. The van der Waals surface area contributed by atoms with Crippen LogP contribution in [0.2, 0.25) is 0 Å². The summed E-state index contributed by atoms with van der Waals surface area (Å²) in [6.45, 7) is 3.80. The topological polar surface area (TPSA) is 58.6 Å². The highest BCUT2D eigenvalue weighted by Crippen LogP contribution is 2.23. The maximum atomic E-state index is 12.1. The summed E-state index contributed by atoms with van der Waals surface area (Å²) in [6, 6.07) is 20.5. The lowest BCUT2D eigenvalue weighted by atomic mass is 10.0. The predicted molar refractivity (Wildman–Crippen MR) is 103 cm³/mol. The van der Waals surface area contributed by atoms with Crippen molar-refractivity contribution in [3.05, 3.63) is 89.0 Å². The van der Waals surface area contributed by atoms with Gasteiger partial charge in [-0.1, -0.05) is 42.5 Å². The van der Waals surface area contributed by atoms with Gasteiger partial charge in [-0.2, -0.15) is 0 Å². The van der Waals surface area contributed by atoms with Crippen LogP contribution in [-0.4, -0.2) is 11.2 Å². The number of hydrogen-bond donors (Lipinski definition) is 2. The maximum Gasteiger partial charge on any atom is 0.417 e. The van der Waals surface area contributed by atoms with Crippen molar-refractivity contribution in [3.8, 4) is 11.5 Å². The van der Waals surface area contributed by atoms with Gasteiger partial charge in [0.25, 0.3) is 0 Å². The van der Waals surface area contributed by atoms with Gasteiger partial charge in [-0.05, 0) is 66.8 Å². The average molecular weight is 347 g/mol. The Balaban J connectivity index is 1.72. The van der Waals surface area contributed by atoms with Crippen LogP contribution in [0.3, 0.4) is 0 Å². The number of para-hydroxylation sites is 1. The molecule has 0 aliphatic heterocycles. The number of hydrogen-bond acceptors (Lipinski definition) is 3. The van der Waals surface area contributed by atoms with E-state index in [1.54, 1.807) is 18.2 Å². The van der Waals surface area contributed by atoms with Crippen molar-refractivity contribution in [1.82, 2.24) is 0 Å². The molecule has 26 heavy (non-hydrogen) atoms. The fourth-order valence-electron chi connectivity index (χ4n) is 2.65. The zero-order chi connectivity index (χ0) is 18.5. The Hall–Kier alpha value is -3.27. The highest BCUT2D eigenvalue weighted by atomic mass is 16.6. The van der Waals surface area contributed by atoms with E-state index in [4.69, 9.17) is 4.74 Å². The van der Waals surface area contributed by atoms with E-state index in [1.165, 1.54) is 0 Å². The van der Waals surface area contributed by atoms with Gasteiger partial charge in [0.05, 0.1) is 0 Å². The number of ether oxygens (including phenoxy) is 1. The van der Waals surface area contributed by atoms with Crippen LogP contribution in [0.1, 0.15) is 22.3 Å². The summed E-state index contributed by atoms with van der Waals surface area (Å²) in [6.07, 6.45) is 0.140. The molecule has 4 nitrogen and oxygen atoms in total. The van der Waals surface area contributed by atoms with Gasteiger partial charge in [-0.25, -0.2) is 4.79 Å². The van der Waals surface area contributed by atoms with E-state index in [2.05, 4.69) is 5.32 Å². The fraction of sp³-hybridized carbons (Fsp3) is 0.136. The molecule has 0 saturated carbocycles. The Morgan fingerprint density at radius 3 is 2.27 bits per heavy atom. The van der Waals surface area contributed by atoms with Crippen LogP contribution < -0.4 is 10.1 Å². The van der Waals surface area contributed by atoms with Crippen molar-refractivity contribution in [1.29, 1.82) is 0 Å². The molecule has 3 aromatic rings. The standard InChI is InChI=1S/C22H21NO3/c1-15-8-10-17(12-18-11-9-16(2)21(24)14-18)13-20(15)23-22(25)26-19-6-4-3-5-7-19/h3-11,13-14,24H,12H2,1-2H3,(H,23,25). The van der Waals surface area contributed by atoms with Gasteiger partial charge in [-0.15, -0.1) is 0 Å². The molecule has 132 valence electrons. The normalized spacial score (nSPS) is 10.4. The number of carbonyl (C=O) groups excluding carboxylic acids is 1. The number of amides is 1. The van der Waals surface area contributed by atoms with E-state index >= 15 is 0 Å². The van der Waals surface area contributed by atoms with Gasteiger partial charge in [0, 0.05) is 5.69 Å². The maximum absolute atomic E-state index is 12.1. The number of aryl methyl sites for hydroxylation is 2. The fourth-order valence-corrected chi connectivity index (χ4v) is 2.65. The zero-order valence-corrected chi connectivity index (χ0v) is 14.8. The van der Waals surface area contributed by atoms with Crippen molar-refractivity contribution in [2.24, 2.45) is 0 Å². The molecule has 0 atom stereocenters. The Labute approximate surface area is 153 Å². The lowest BCUT2D eigenvalue weighted by molar-refractivity contribution is 0.215. The summed E-state index contributed by atoms with van der Waals surface area (Å²) >= 11 is 0. The number of phenols is 1. The van der Waals surface area contributed by atoms with Gasteiger partial charge < -0.3 is 9.84 Å². The minimum Gasteiger partial charge on any atom is -0.508 e. The number of phenolic OH excluding ortho intramolecular Hbond substituents is 1. The molecule has 0 aliphatic carbocycles. The Bertz CT molecular complexity index is 920. The smallest absolute Gasteiger partial charge is 0.417 e. The van der Waals surface area contributed by atoms with Crippen molar-refractivity contribution < 1.29 is 14.6 Å². The summed E-state index contributed by atoms with van der Waals surface area (Å²) in [7, 11) is 0. The molecule has 1 amide bonds. The molecular formula is C22H21NO3. The Morgan fingerprint density at radius 2 is 1.58 bits per heavy atom. The van der Waals surface area contributed by atoms with Crippen LogP contribution in [0.5, 0.6) is 11.5 Å². The van der Waals surface area contributed by atoms with E-state index in [9.17, 15) is 9.90 Å². The first-order chi connectivity index (χ1) is 12.5. The van der Waals surface area contributed by atoms with Crippen LogP contribution in [0.4, 0.5) is 10.5 Å². The molecule has 0 bridgehead atoms. The molecule has 3 rings (SSSR count). The zero-order valence-electron chi connectivity index (χ0n) is 14.8. The summed E-state index contributed by atoms with van der Waals surface area (Å²) in [5.74, 6) is 0.785. The van der Waals surface area contributed by atoms with Crippen LogP contribution in [-0.2, 0) is 6.42 Å². The van der Waals surface area contributed by atoms with Gasteiger partial charge in [0.2, 0.25) is 0 Å². The highest BCUT2D eigenvalue weighted by Gasteiger charge is 2.09. The van der Waals surface area contributed by atoms with E-state index < -0.39 is 6.09 Å². The van der Waals surface area contributed by atoms with E-state index in [0.29, 0.717) is 23.6 Å². The summed E-state index contributed by atoms with van der Waals surface area (Å²) < 4.78 is 5.28. The molecule has 0 aromatic heterocycles. The van der Waals surface area contributed by atoms with Crippen LogP contribution in [0.25, 0.3) is 0 Å². The second-order valence-corrected chi connectivity index (χ2v) is 6.27. The largest absolute Gasteiger partial charge is 0.508 e. The average Bonchev–Trinajstić information content (AvgIpc) is 2.62. The van der Waals surface area contributed by atoms with Gasteiger partial charge >= 0.3 is 6.09 Å². The summed E-state index contributed by atoms with van der Waals surface area (Å²) in [4.78, 5) is 12.1. The molecule has 0 aliphatic rings. The minimum absolute atomic E-state index is 0.291. The third-order valence-corrected chi connectivity index (χ3v) is 4.17. The Morgan fingerprint density at radius 1 is 0.923 bits per heavy atom. The number of nitrogens with one attached hydrogen (secondary N) is 1. The first-order valence-corrected chi connectivity index (χ1v) is 8.43. The number of rotatable bonds is 4. The van der Waals surface area contributed by atoms with Gasteiger partial charge in [0.1, 0.15) is 11.5 Å². The van der Waals surface area contributed by atoms with Crippen molar-refractivity contribution in [3.63, 3.8) is 0 Å². The molecular weight excluding hydrogens is 326 g/mol. The molecule has 2 N–H and O–H groups in total. The lowest BCUT2D eigenvalue weighted by Crippen LogP contribution is -2.17. The first kappa shape index (κ1) is 17.5. The molecule has 0 unspecified atom stereocenters. The monoisotopic (exact) mass is 347 g/mol. The van der Waals surface area contributed by atoms with Gasteiger partial charge in [-0.3, -0.25) is 5.32 Å². The second-order valence-electron chi connectivity index (χ2n) is 6.27. The molecule has 0 saturated heterocycles. The lowest BCUT2D eigenvalue weighted by Gasteiger charge is -2.11. The molecule has 4 heteroatoms. The van der Waals surface area contributed by atoms with Crippen molar-refractivity contribution in [2.75, 3.05) is 5.32 Å².